The van der Waals surface area contributed by atoms with E-state index in [9.17, 15) is 9.90 Å². The maximum atomic E-state index is 11.1. The number of phenols is 1. The monoisotopic (exact) mass is 416 g/mol. The molecule has 1 unspecified atom stereocenters. The summed E-state index contributed by atoms with van der Waals surface area (Å²) in [5.41, 5.74) is 3.33. The normalized spacial score (nSPS) is 16.7. The number of carboxylic acids is 1. The van der Waals surface area contributed by atoms with E-state index >= 15 is 0 Å². The molecule has 1 aromatic rings. The highest BCUT2D eigenvalue weighted by atomic mass is 16.4. The van der Waals surface area contributed by atoms with Crippen LogP contribution in [0.3, 0.4) is 0 Å². The summed E-state index contributed by atoms with van der Waals surface area (Å²) in [5, 5.41) is 19.9. The Bertz CT molecular complexity index is 665. The standard InChI is InChI=1S/C27H44O3/c1-26(2,3)22-17-20(18-23(25(22)30)27(4,5)6)21(19-13-11-12-14-19)15-9-7-8-10-16-24(28)29/h17-19,21,30H,7-16H2,1-6H3,(H,28,29). The van der Waals surface area contributed by atoms with Gasteiger partial charge in [0.25, 0.3) is 0 Å². The third-order valence-corrected chi connectivity index (χ3v) is 6.80. The minimum atomic E-state index is -0.688. The van der Waals surface area contributed by atoms with Gasteiger partial charge in [0.15, 0.2) is 0 Å². The average Bonchev–Trinajstić information content (AvgIpc) is 3.13. The molecule has 2 N–H and O–H groups in total. The van der Waals surface area contributed by atoms with Crippen molar-refractivity contribution in [2.75, 3.05) is 0 Å². The van der Waals surface area contributed by atoms with Crippen molar-refractivity contribution in [1.82, 2.24) is 0 Å². The predicted molar refractivity (Wildman–Crippen MR) is 126 cm³/mol. The van der Waals surface area contributed by atoms with Gasteiger partial charge in [0.2, 0.25) is 0 Å². The molecule has 1 aromatic carbocycles. The average molecular weight is 417 g/mol. The molecular formula is C27H44O3. The molecule has 1 atom stereocenters. The molecule has 0 radical (unpaired) electrons. The Morgan fingerprint density at radius 1 is 0.933 bits per heavy atom. The lowest BCUT2D eigenvalue weighted by Gasteiger charge is -2.31. The molecule has 0 saturated heterocycles. The van der Waals surface area contributed by atoms with Crippen molar-refractivity contribution in [3.63, 3.8) is 0 Å². The Morgan fingerprint density at radius 3 is 1.90 bits per heavy atom. The van der Waals surface area contributed by atoms with Crippen LogP contribution >= 0.6 is 0 Å². The Morgan fingerprint density at radius 2 is 1.43 bits per heavy atom. The van der Waals surface area contributed by atoms with E-state index < -0.39 is 5.97 Å². The molecule has 1 saturated carbocycles. The summed E-state index contributed by atoms with van der Waals surface area (Å²) < 4.78 is 0. The van der Waals surface area contributed by atoms with Crippen molar-refractivity contribution in [3.8, 4) is 5.75 Å². The van der Waals surface area contributed by atoms with Gasteiger partial charge in [-0.15, -0.1) is 0 Å². The second-order valence-corrected chi connectivity index (χ2v) is 11.5. The van der Waals surface area contributed by atoms with E-state index in [1.165, 1.54) is 31.2 Å². The van der Waals surface area contributed by atoms with Crippen molar-refractivity contribution >= 4 is 5.97 Å². The SMILES string of the molecule is CC(C)(C)c1cc(C(CCCCCCC(=O)O)C2CCCC2)cc(C(C)(C)C)c1O. The molecule has 0 aliphatic heterocycles. The summed E-state index contributed by atoms with van der Waals surface area (Å²) in [5.74, 6) is 1.05. The van der Waals surface area contributed by atoms with Crippen LogP contribution in [0.2, 0.25) is 0 Å². The number of hydrogen-bond donors (Lipinski definition) is 2. The molecule has 2 rings (SSSR count). The fraction of sp³-hybridized carbons (Fsp3) is 0.741. The lowest BCUT2D eigenvalue weighted by atomic mass is 9.74. The molecular weight excluding hydrogens is 372 g/mol. The number of carboxylic acid groups (broad SMARTS) is 1. The van der Waals surface area contributed by atoms with Crippen LogP contribution in [0.1, 0.15) is 128 Å². The number of benzene rings is 1. The van der Waals surface area contributed by atoms with Crippen LogP contribution in [-0.2, 0) is 15.6 Å². The maximum Gasteiger partial charge on any atom is 0.303 e. The van der Waals surface area contributed by atoms with Crippen LogP contribution < -0.4 is 0 Å². The molecule has 0 heterocycles. The zero-order valence-electron chi connectivity index (χ0n) is 20.2. The van der Waals surface area contributed by atoms with Crippen LogP contribution in [0, 0.1) is 5.92 Å². The van der Waals surface area contributed by atoms with Crippen molar-refractivity contribution in [2.45, 2.75) is 122 Å². The summed E-state index contributed by atoms with van der Waals surface area (Å²) in [6, 6.07) is 4.58. The van der Waals surface area contributed by atoms with E-state index in [1.54, 1.807) is 0 Å². The molecule has 0 aromatic heterocycles. The highest BCUT2D eigenvalue weighted by molar-refractivity contribution is 5.66. The van der Waals surface area contributed by atoms with E-state index in [4.69, 9.17) is 5.11 Å². The summed E-state index contributed by atoms with van der Waals surface area (Å²) >= 11 is 0. The molecule has 1 aliphatic carbocycles. The Balaban J connectivity index is 2.29. The van der Waals surface area contributed by atoms with Crippen molar-refractivity contribution in [2.24, 2.45) is 5.92 Å². The number of phenolic OH excluding ortho intramolecular Hbond substituents is 1. The van der Waals surface area contributed by atoms with Crippen molar-refractivity contribution < 1.29 is 15.0 Å². The van der Waals surface area contributed by atoms with E-state index in [0.717, 1.165) is 49.1 Å². The molecule has 0 spiro atoms. The van der Waals surface area contributed by atoms with Crippen LogP contribution in [-0.4, -0.2) is 16.2 Å². The summed E-state index contributed by atoms with van der Waals surface area (Å²) in [6.07, 6.45) is 10.8. The van der Waals surface area contributed by atoms with Gasteiger partial charge in [-0.2, -0.15) is 0 Å². The summed E-state index contributed by atoms with van der Waals surface area (Å²) in [4.78, 5) is 10.7. The van der Waals surface area contributed by atoms with E-state index in [1.807, 2.05) is 0 Å². The zero-order valence-corrected chi connectivity index (χ0v) is 20.2. The van der Waals surface area contributed by atoms with Crippen LogP contribution in [0.15, 0.2) is 12.1 Å². The fourth-order valence-electron chi connectivity index (χ4n) is 5.04. The topological polar surface area (TPSA) is 57.5 Å². The number of rotatable bonds is 9. The van der Waals surface area contributed by atoms with Gasteiger partial charge in [0.1, 0.15) is 5.75 Å². The third kappa shape index (κ3) is 6.75. The van der Waals surface area contributed by atoms with Gasteiger partial charge < -0.3 is 10.2 Å². The number of carbonyl (C=O) groups is 1. The van der Waals surface area contributed by atoms with E-state index in [0.29, 0.717) is 11.7 Å². The molecule has 3 heteroatoms. The molecule has 170 valence electrons. The molecule has 1 fully saturated rings. The fourth-order valence-corrected chi connectivity index (χ4v) is 5.04. The lowest BCUT2D eigenvalue weighted by molar-refractivity contribution is -0.137. The van der Waals surface area contributed by atoms with Gasteiger partial charge in [0.05, 0.1) is 0 Å². The predicted octanol–water partition coefficient (Wildman–Crippen LogP) is 7.69. The molecule has 1 aliphatic rings. The highest BCUT2D eigenvalue weighted by Crippen LogP contribution is 2.46. The van der Waals surface area contributed by atoms with Gasteiger partial charge in [-0.3, -0.25) is 4.79 Å². The van der Waals surface area contributed by atoms with Crippen LogP contribution in [0.4, 0.5) is 0 Å². The molecule has 3 nitrogen and oxygen atoms in total. The van der Waals surface area contributed by atoms with Crippen LogP contribution in [0.5, 0.6) is 5.75 Å². The molecule has 0 amide bonds. The number of hydrogen-bond acceptors (Lipinski definition) is 2. The first-order valence-electron chi connectivity index (χ1n) is 12.0. The number of aliphatic carboxylic acids is 1. The Labute approximate surface area is 184 Å². The second-order valence-electron chi connectivity index (χ2n) is 11.5. The van der Waals surface area contributed by atoms with Crippen molar-refractivity contribution in [3.05, 3.63) is 28.8 Å². The van der Waals surface area contributed by atoms with Gasteiger partial charge in [-0.25, -0.2) is 0 Å². The first kappa shape index (κ1) is 24.8. The first-order chi connectivity index (χ1) is 13.9. The molecule has 30 heavy (non-hydrogen) atoms. The van der Waals surface area contributed by atoms with Gasteiger partial charge in [-0.1, -0.05) is 85.8 Å². The maximum absolute atomic E-state index is 11.1. The first-order valence-corrected chi connectivity index (χ1v) is 12.0. The largest absolute Gasteiger partial charge is 0.507 e. The Kier molecular flexibility index (Phi) is 8.42. The van der Waals surface area contributed by atoms with Crippen LogP contribution in [0.25, 0.3) is 0 Å². The van der Waals surface area contributed by atoms with E-state index in [2.05, 4.69) is 53.7 Å². The number of unbranched alkanes of at least 4 members (excludes halogenated alkanes) is 3. The van der Waals surface area contributed by atoms with Gasteiger partial charge in [0, 0.05) is 6.42 Å². The molecule has 0 bridgehead atoms. The minimum Gasteiger partial charge on any atom is -0.507 e. The van der Waals surface area contributed by atoms with Gasteiger partial charge in [-0.05, 0) is 65.0 Å². The van der Waals surface area contributed by atoms with Crippen molar-refractivity contribution in [1.29, 1.82) is 0 Å². The summed E-state index contributed by atoms with van der Waals surface area (Å²) in [7, 11) is 0. The second kappa shape index (κ2) is 10.2. The quantitative estimate of drug-likeness (QED) is 0.406. The number of aromatic hydroxyl groups is 1. The lowest BCUT2D eigenvalue weighted by Crippen LogP contribution is -2.20. The smallest absolute Gasteiger partial charge is 0.303 e. The third-order valence-electron chi connectivity index (χ3n) is 6.80. The Hall–Kier alpha value is -1.51. The van der Waals surface area contributed by atoms with Gasteiger partial charge >= 0.3 is 5.97 Å². The van der Waals surface area contributed by atoms with E-state index in [-0.39, 0.29) is 17.3 Å². The zero-order chi connectivity index (χ0) is 22.5. The summed E-state index contributed by atoms with van der Waals surface area (Å²) in [6.45, 7) is 13.1. The minimum absolute atomic E-state index is 0.100. The highest BCUT2D eigenvalue weighted by Gasteiger charge is 2.31.